The molecule has 1 rings (SSSR count). The lowest BCUT2D eigenvalue weighted by Gasteiger charge is -2.35. The van der Waals surface area contributed by atoms with Crippen LogP contribution in [0, 0.1) is 13.8 Å². The maximum absolute atomic E-state index is 13.8. The Morgan fingerprint density at radius 3 is 2.19 bits per heavy atom. The van der Waals surface area contributed by atoms with Crippen LogP contribution in [0.1, 0.15) is 90.0 Å². The van der Waals surface area contributed by atoms with Crippen molar-refractivity contribution in [2.24, 2.45) is 5.73 Å². The second-order valence-corrected chi connectivity index (χ2v) is 10.3. The number of nitrogens with zero attached hydrogens (tertiary/aromatic N) is 1. The molecule has 0 fully saturated rings. The van der Waals surface area contributed by atoms with Crippen LogP contribution in [0.4, 0.5) is 4.79 Å². The predicted molar refractivity (Wildman–Crippen MR) is 140 cm³/mol. The highest BCUT2D eigenvalue weighted by Crippen LogP contribution is 2.27. The average Bonchev–Trinajstić information content (AvgIpc) is 2.73. The molecular weight excluding hydrogens is 460 g/mol. The summed E-state index contributed by atoms with van der Waals surface area (Å²) in [7, 11) is 0. The normalized spacial score (nSPS) is 13.8. The molecule has 0 aromatic heterocycles. The maximum atomic E-state index is 13.8. The van der Waals surface area contributed by atoms with Crippen molar-refractivity contribution in [1.29, 1.82) is 0 Å². The second-order valence-electron chi connectivity index (χ2n) is 10.3. The fourth-order valence-corrected chi connectivity index (χ4v) is 4.07. The van der Waals surface area contributed by atoms with Gasteiger partial charge in [-0.2, -0.15) is 0 Å². The van der Waals surface area contributed by atoms with Gasteiger partial charge in [-0.1, -0.05) is 37.1 Å². The number of primary amides is 1. The van der Waals surface area contributed by atoms with Crippen molar-refractivity contribution in [3.8, 4) is 0 Å². The van der Waals surface area contributed by atoms with Crippen LogP contribution in [0.3, 0.4) is 0 Å². The predicted octanol–water partition coefficient (Wildman–Crippen LogP) is 3.66. The van der Waals surface area contributed by atoms with Crippen molar-refractivity contribution >= 4 is 23.8 Å². The molecule has 9 heteroatoms. The Hall–Kier alpha value is -3.10. The van der Waals surface area contributed by atoms with E-state index in [0.717, 1.165) is 24.0 Å². The van der Waals surface area contributed by atoms with E-state index in [9.17, 15) is 19.2 Å². The molecule has 0 bridgehead atoms. The summed E-state index contributed by atoms with van der Waals surface area (Å²) < 4.78 is 5.33. The third kappa shape index (κ3) is 9.87. The minimum atomic E-state index is -1.10. The molecule has 4 amide bonds. The summed E-state index contributed by atoms with van der Waals surface area (Å²) in [5.41, 5.74) is 7.16. The van der Waals surface area contributed by atoms with Gasteiger partial charge in [0.1, 0.15) is 17.7 Å². The molecule has 3 unspecified atom stereocenters. The van der Waals surface area contributed by atoms with Gasteiger partial charge in [-0.25, -0.2) is 4.79 Å². The van der Waals surface area contributed by atoms with Crippen LogP contribution < -0.4 is 16.4 Å². The van der Waals surface area contributed by atoms with Gasteiger partial charge in [-0.05, 0) is 72.4 Å². The SMILES string of the molecule is CCCC(C)NC(=O)C(c1ccc(C)cc1C)N(CC)C(=O)C(CCC(N)=O)NC(=O)OC(C)(C)C. The van der Waals surface area contributed by atoms with Gasteiger partial charge in [0.2, 0.25) is 17.7 Å². The van der Waals surface area contributed by atoms with Gasteiger partial charge in [-0.3, -0.25) is 14.4 Å². The Kier molecular flexibility index (Phi) is 11.9. The smallest absolute Gasteiger partial charge is 0.408 e. The number of rotatable bonds is 12. The molecule has 4 N–H and O–H groups in total. The number of alkyl carbamates (subject to hydrolysis) is 1. The van der Waals surface area contributed by atoms with E-state index in [0.29, 0.717) is 5.56 Å². The molecule has 3 atom stereocenters. The number of carbonyl (C=O) groups is 4. The average molecular weight is 505 g/mol. The quantitative estimate of drug-likeness (QED) is 0.400. The van der Waals surface area contributed by atoms with E-state index in [2.05, 4.69) is 10.6 Å². The largest absolute Gasteiger partial charge is 0.444 e. The molecule has 0 aliphatic rings. The number of amides is 4. The first-order chi connectivity index (χ1) is 16.7. The van der Waals surface area contributed by atoms with Crippen molar-refractivity contribution < 1.29 is 23.9 Å². The van der Waals surface area contributed by atoms with E-state index in [1.54, 1.807) is 27.7 Å². The molecule has 36 heavy (non-hydrogen) atoms. The van der Waals surface area contributed by atoms with Crippen molar-refractivity contribution in [3.05, 3.63) is 34.9 Å². The van der Waals surface area contributed by atoms with E-state index in [-0.39, 0.29) is 31.3 Å². The summed E-state index contributed by atoms with van der Waals surface area (Å²) in [5.74, 6) is -1.39. The lowest BCUT2D eigenvalue weighted by Crippen LogP contribution is -2.53. The Balaban J connectivity index is 3.44. The van der Waals surface area contributed by atoms with Crippen molar-refractivity contribution in [3.63, 3.8) is 0 Å². The highest BCUT2D eigenvalue weighted by Gasteiger charge is 2.36. The van der Waals surface area contributed by atoms with E-state index < -0.39 is 35.6 Å². The number of carbonyl (C=O) groups excluding carboxylic acids is 4. The van der Waals surface area contributed by atoms with Gasteiger partial charge in [0, 0.05) is 19.0 Å². The molecule has 1 aromatic carbocycles. The van der Waals surface area contributed by atoms with Crippen molar-refractivity contribution in [1.82, 2.24) is 15.5 Å². The van der Waals surface area contributed by atoms with E-state index >= 15 is 0 Å². The number of likely N-dealkylation sites (N-methyl/N-ethyl adjacent to an activating group) is 1. The van der Waals surface area contributed by atoms with Gasteiger partial charge < -0.3 is 26.0 Å². The Bertz CT molecular complexity index is 925. The minimum Gasteiger partial charge on any atom is -0.444 e. The standard InChI is InChI=1S/C27H44N4O5/c1-9-11-19(5)29-24(33)23(20-13-12-17(3)16-18(20)4)31(10-2)25(34)21(14-15-22(28)32)30-26(35)36-27(6,7)8/h12-13,16,19,21,23H,9-11,14-15H2,1-8H3,(H2,28,32)(H,29,33)(H,30,35). The third-order valence-electron chi connectivity index (χ3n) is 5.68. The Morgan fingerprint density at radius 1 is 1.06 bits per heavy atom. The molecule has 0 radical (unpaired) electrons. The van der Waals surface area contributed by atoms with Crippen LogP contribution in [-0.4, -0.2) is 52.9 Å². The Morgan fingerprint density at radius 2 is 1.69 bits per heavy atom. The van der Waals surface area contributed by atoms with Gasteiger partial charge >= 0.3 is 6.09 Å². The molecule has 202 valence electrons. The first kappa shape index (κ1) is 30.9. The molecule has 0 aliphatic heterocycles. The molecule has 0 saturated carbocycles. The van der Waals surface area contributed by atoms with Gasteiger partial charge in [0.25, 0.3) is 0 Å². The molecule has 0 heterocycles. The van der Waals surface area contributed by atoms with E-state index in [4.69, 9.17) is 10.5 Å². The highest BCUT2D eigenvalue weighted by molar-refractivity contribution is 5.92. The minimum absolute atomic E-state index is 0.0165. The number of nitrogens with two attached hydrogens (primary N) is 1. The van der Waals surface area contributed by atoms with Crippen LogP contribution in [0.25, 0.3) is 0 Å². The number of hydrogen-bond acceptors (Lipinski definition) is 5. The summed E-state index contributed by atoms with van der Waals surface area (Å²) in [5, 5.41) is 5.61. The number of benzene rings is 1. The van der Waals surface area contributed by atoms with E-state index in [1.165, 1.54) is 4.90 Å². The maximum Gasteiger partial charge on any atom is 0.408 e. The third-order valence-corrected chi connectivity index (χ3v) is 5.68. The fraction of sp³-hybridized carbons (Fsp3) is 0.630. The van der Waals surface area contributed by atoms with Crippen LogP contribution >= 0.6 is 0 Å². The molecule has 1 aromatic rings. The zero-order chi connectivity index (χ0) is 27.6. The fourth-order valence-electron chi connectivity index (χ4n) is 4.07. The number of aryl methyl sites for hydroxylation is 2. The van der Waals surface area contributed by atoms with Gasteiger partial charge in [0.15, 0.2) is 0 Å². The lowest BCUT2D eigenvalue weighted by atomic mass is 9.95. The van der Waals surface area contributed by atoms with Crippen molar-refractivity contribution in [2.75, 3.05) is 6.54 Å². The number of nitrogens with one attached hydrogen (secondary N) is 2. The summed E-state index contributed by atoms with van der Waals surface area (Å²) in [6, 6.07) is 3.64. The van der Waals surface area contributed by atoms with Crippen LogP contribution in [0.15, 0.2) is 18.2 Å². The monoisotopic (exact) mass is 504 g/mol. The summed E-state index contributed by atoms with van der Waals surface area (Å²) in [4.78, 5) is 52.8. The topological polar surface area (TPSA) is 131 Å². The van der Waals surface area contributed by atoms with Crippen LogP contribution in [-0.2, 0) is 19.1 Å². The number of ether oxygens (including phenoxy) is 1. The molecule has 0 spiro atoms. The van der Waals surface area contributed by atoms with Crippen LogP contribution in [0.2, 0.25) is 0 Å². The second kappa shape index (κ2) is 13.8. The zero-order valence-corrected chi connectivity index (χ0v) is 23.1. The summed E-state index contributed by atoms with van der Waals surface area (Å²) in [6.07, 6.45) is 0.786. The van der Waals surface area contributed by atoms with Gasteiger partial charge in [0.05, 0.1) is 0 Å². The highest BCUT2D eigenvalue weighted by atomic mass is 16.6. The molecule has 9 nitrogen and oxygen atoms in total. The lowest BCUT2D eigenvalue weighted by molar-refractivity contribution is -0.142. The van der Waals surface area contributed by atoms with Crippen molar-refractivity contribution in [2.45, 2.75) is 105 Å². The molecule has 0 saturated heterocycles. The summed E-state index contributed by atoms with van der Waals surface area (Å²) >= 11 is 0. The molecule has 0 aliphatic carbocycles. The number of hydrogen-bond donors (Lipinski definition) is 3. The Labute approximate surface area is 215 Å². The summed E-state index contributed by atoms with van der Waals surface area (Å²) in [6.45, 7) is 14.9. The molecular formula is C27H44N4O5. The first-order valence-electron chi connectivity index (χ1n) is 12.7. The zero-order valence-electron chi connectivity index (χ0n) is 23.1. The first-order valence-corrected chi connectivity index (χ1v) is 12.7. The van der Waals surface area contributed by atoms with Crippen LogP contribution in [0.5, 0.6) is 0 Å². The van der Waals surface area contributed by atoms with Gasteiger partial charge in [-0.15, -0.1) is 0 Å². The van der Waals surface area contributed by atoms with E-state index in [1.807, 2.05) is 45.9 Å².